The highest BCUT2D eigenvalue weighted by atomic mass is 32.1. The molecule has 12 nitrogen and oxygen atoms in total. The Morgan fingerprint density at radius 3 is 2.48 bits per heavy atom. The molecule has 210 valence electrons. The molecule has 1 aromatic heterocycles. The zero-order valence-electron chi connectivity index (χ0n) is 22.1. The molecule has 2 aliphatic rings. The summed E-state index contributed by atoms with van der Waals surface area (Å²) in [7, 11) is 3.82. The fourth-order valence-corrected chi connectivity index (χ4v) is 5.39. The van der Waals surface area contributed by atoms with E-state index in [1.165, 1.54) is 4.90 Å². The van der Waals surface area contributed by atoms with Crippen molar-refractivity contribution < 1.29 is 28.6 Å². The Bertz CT molecular complexity index is 1420. The fourth-order valence-electron chi connectivity index (χ4n) is 4.65. The number of aromatic nitrogens is 1. The number of nitrogens with two attached hydrogens (primary N) is 2. The van der Waals surface area contributed by atoms with Gasteiger partial charge in [-0.25, -0.2) is 0 Å². The third kappa shape index (κ3) is 5.38. The predicted molar refractivity (Wildman–Crippen MR) is 150 cm³/mol. The lowest BCUT2D eigenvalue weighted by atomic mass is 10.0. The molecule has 2 atom stereocenters. The summed E-state index contributed by atoms with van der Waals surface area (Å²) in [6, 6.07) is 11.2. The minimum Gasteiger partial charge on any atom is -0.454 e. The molecule has 0 spiro atoms. The summed E-state index contributed by atoms with van der Waals surface area (Å²) in [5, 5.41) is 2.97. The molecule has 1 saturated heterocycles. The Labute approximate surface area is 234 Å². The molecule has 5 rings (SSSR count). The van der Waals surface area contributed by atoms with Crippen molar-refractivity contribution in [3.63, 3.8) is 0 Å². The van der Waals surface area contributed by atoms with E-state index in [-0.39, 0.29) is 29.2 Å². The molecule has 5 N–H and O–H groups in total. The van der Waals surface area contributed by atoms with Gasteiger partial charge >= 0.3 is 0 Å². The highest BCUT2D eigenvalue weighted by Crippen LogP contribution is 2.40. The highest BCUT2D eigenvalue weighted by molar-refractivity contribution is 7.09. The Hall–Kier alpha value is -4.36. The molecule has 0 saturated carbocycles. The maximum absolute atomic E-state index is 14.2. The summed E-state index contributed by atoms with van der Waals surface area (Å²) >= 11 is 0.744. The molecule has 3 aromatic rings. The standard InChI is InChI=1S/C27H30N6O6S/c1-32(2)16-7-5-15(6-8-16)23(26(35)30-13-18-4-3-11-37-18)33(17-9-10-19-20(12-17)39-14-38-19)27(36)24-21(28)22(25(29)34)31-40-24/h5-10,12,18,23H,3-4,11,13-14,28H2,1-2H3,(H2,29,34)(H,30,35)/t18-,23-/m0/s1. The maximum atomic E-state index is 14.2. The second kappa shape index (κ2) is 11.4. The van der Waals surface area contributed by atoms with Crippen molar-refractivity contribution >= 4 is 46.3 Å². The van der Waals surface area contributed by atoms with Crippen molar-refractivity contribution in [2.75, 3.05) is 49.6 Å². The number of fused-ring (bicyclic) bond motifs is 1. The minimum absolute atomic E-state index is 0.0201. The van der Waals surface area contributed by atoms with E-state index in [4.69, 9.17) is 25.7 Å². The molecule has 1 fully saturated rings. The summed E-state index contributed by atoms with van der Waals surface area (Å²) in [5.74, 6) is -0.966. The van der Waals surface area contributed by atoms with Gasteiger partial charge in [-0.2, -0.15) is 4.37 Å². The molecule has 2 aliphatic heterocycles. The van der Waals surface area contributed by atoms with Crippen molar-refractivity contribution in [1.82, 2.24) is 9.69 Å². The van der Waals surface area contributed by atoms with E-state index in [0.29, 0.717) is 35.9 Å². The van der Waals surface area contributed by atoms with Crippen LogP contribution in [0.4, 0.5) is 17.1 Å². The Balaban J connectivity index is 1.61. The smallest absolute Gasteiger partial charge is 0.273 e. The first-order valence-electron chi connectivity index (χ1n) is 12.7. The molecule has 0 radical (unpaired) electrons. The van der Waals surface area contributed by atoms with Crippen LogP contribution in [-0.2, 0) is 9.53 Å². The normalized spacial score (nSPS) is 16.4. The number of amides is 3. The largest absolute Gasteiger partial charge is 0.454 e. The van der Waals surface area contributed by atoms with Crippen LogP contribution >= 0.6 is 11.5 Å². The molecule has 0 bridgehead atoms. The Morgan fingerprint density at radius 2 is 1.82 bits per heavy atom. The quantitative estimate of drug-likeness (QED) is 0.353. The van der Waals surface area contributed by atoms with Crippen LogP contribution in [0.5, 0.6) is 11.5 Å². The molecule has 40 heavy (non-hydrogen) atoms. The average molecular weight is 567 g/mol. The minimum atomic E-state index is -1.12. The van der Waals surface area contributed by atoms with Gasteiger partial charge in [0.1, 0.15) is 10.9 Å². The number of benzene rings is 2. The summed E-state index contributed by atoms with van der Waals surface area (Å²) in [6.45, 7) is 0.973. The number of nitrogens with zero attached hydrogens (tertiary/aromatic N) is 3. The van der Waals surface area contributed by atoms with Crippen LogP contribution in [0.2, 0.25) is 0 Å². The van der Waals surface area contributed by atoms with Gasteiger partial charge < -0.3 is 35.9 Å². The number of primary amides is 1. The van der Waals surface area contributed by atoms with E-state index in [9.17, 15) is 14.4 Å². The fraction of sp³-hybridized carbons (Fsp3) is 0.333. The van der Waals surface area contributed by atoms with Crippen molar-refractivity contribution in [2.45, 2.75) is 25.0 Å². The number of carbonyl (C=O) groups excluding carboxylic acids is 3. The van der Waals surface area contributed by atoms with E-state index in [1.54, 1.807) is 30.3 Å². The number of anilines is 3. The first kappa shape index (κ1) is 27.2. The van der Waals surface area contributed by atoms with Crippen LogP contribution in [-0.4, -0.2) is 62.2 Å². The second-order valence-electron chi connectivity index (χ2n) is 9.62. The first-order chi connectivity index (χ1) is 19.2. The lowest BCUT2D eigenvalue weighted by molar-refractivity contribution is -0.123. The van der Waals surface area contributed by atoms with Gasteiger partial charge in [0.15, 0.2) is 17.2 Å². The van der Waals surface area contributed by atoms with Gasteiger partial charge in [0.25, 0.3) is 11.8 Å². The molecular weight excluding hydrogens is 536 g/mol. The number of carbonyl (C=O) groups is 3. The molecule has 0 aliphatic carbocycles. The number of nitrogens with one attached hydrogen (secondary N) is 1. The number of hydrogen-bond acceptors (Lipinski definition) is 10. The van der Waals surface area contributed by atoms with E-state index in [0.717, 1.165) is 30.1 Å². The third-order valence-electron chi connectivity index (χ3n) is 6.77. The van der Waals surface area contributed by atoms with Crippen LogP contribution in [0.15, 0.2) is 42.5 Å². The van der Waals surface area contributed by atoms with Gasteiger partial charge in [0.2, 0.25) is 12.7 Å². The van der Waals surface area contributed by atoms with Crippen LogP contribution in [0.25, 0.3) is 0 Å². The number of nitrogen functional groups attached to an aromatic ring is 1. The summed E-state index contributed by atoms with van der Waals surface area (Å²) in [4.78, 5) is 43.3. The Kier molecular flexibility index (Phi) is 7.76. The molecule has 2 aromatic carbocycles. The van der Waals surface area contributed by atoms with Crippen molar-refractivity contribution in [3.05, 3.63) is 58.6 Å². The van der Waals surface area contributed by atoms with Gasteiger partial charge in [0.05, 0.1) is 11.8 Å². The highest BCUT2D eigenvalue weighted by Gasteiger charge is 2.37. The average Bonchev–Trinajstić information content (AvgIpc) is 3.71. The third-order valence-corrected chi connectivity index (χ3v) is 7.62. The topological polar surface area (TPSA) is 162 Å². The summed E-state index contributed by atoms with van der Waals surface area (Å²) in [5.41, 5.74) is 13.0. The monoisotopic (exact) mass is 566 g/mol. The summed E-state index contributed by atoms with van der Waals surface area (Å²) in [6.07, 6.45) is 1.65. The zero-order chi connectivity index (χ0) is 28.4. The van der Waals surface area contributed by atoms with Crippen LogP contribution in [0, 0.1) is 0 Å². The molecule has 3 amide bonds. The van der Waals surface area contributed by atoms with Gasteiger partial charge in [-0.1, -0.05) is 12.1 Å². The van der Waals surface area contributed by atoms with Crippen LogP contribution < -0.4 is 36.1 Å². The number of hydrogen-bond donors (Lipinski definition) is 3. The van der Waals surface area contributed by atoms with Crippen molar-refractivity contribution in [1.29, 1.82) is 0 Å². The van der Waals surface area contributed by atoms with E-state index < -0.39 is 23.8 Å². The van der Waals surface area contributed by atoms with Crippen molar-refractivity contribution in [3.8, 4) is 11.5 Å². The molecule has 3 heterocycles. The maximum Gasteiger partial charge on any atom is 0.273 e. The Morgan fingerprint density at radius 1 is 1.10 bits per heavy atom. The van der Waals surface area contributed by atoms with Gasteiger partial charge in [-0.15, -0.1) is 0 Å². The SMILES string of the molecule is CN(C)c1ccc([C@@H](C(=O)NC[C@@H]2CCCO2)N(C(=O)c2snc(C(N)=O)c2N)c2ccc3c(c2)OCO3)cc1. The molecule has 0 unspecified atom stereocenters. The van der Waals surface area contributed by atoms with Gasteiger partial charge in [0, 0.05) is 44.7 Å². The van der Waals surface area contributed by atoms with Crippen molar-refractivity contribution in [2.24, 2.45) is 5.73 Å². The van der Waals surface area contributed by atoms with Gasteiger partial charge in [-0.05, 0) is 54.2 Å². The molecule has 13 heteroatoms. The lowest BCUT2D eigenvalue weighted by Crippen LogP contribution is -2.45. The van der Waals surface area contributed by atoms with Gasteiger partial charge in [-0.3, -0.25) is 19.3 Å². The number of rotatable bonds is 9. The molecular formula is C27H30N6O6S. The van der Waals surface area contributed by atoms with Crippen LogP contribution in [0.3, 0.4) is 0 Å². The predicted octanol–water partition coefficient (Wildman–Crippen LogP) is 2.30. The van der Waals surface area contributed by atoms with E-state index >= 15 is 0 Å². The first-order valence-corrected chi connectivity index (χ1v) is 13.5. The van der Waals surface area contributed by atoms with E-state index in [1.807, 2.05) is 31.1 Å². The zero-order valence-corrected chi connectivity index (χ0v) is 22.9. The lowest BCUT2D eigenvalue weighted by Gasteiger charge is -2.32. The van der Waals surface area contributed by atoms with E-state index in [2.05, 4.69) is 9.69 Å². The van der Waals surface area contributed by atoms with Crippen LogP contribution in [0.1, 0.15) is 44.6 Å². The number of ether oxygens (including phenoxy) is 3. The summed E-state index contributed by atoms with van der Waals surface area (Å²) < 4.78 is 20.7. The second-order valence-corrected chi connectivity index (χ2v) is 10.4.